The molecular weight excluding hydrogens is 256 g/mol. The van der Waals surface area contributed by atoms with E-state index >= 15 is 0 Å². The van der Waals surface area contributed by atoms with E-state index in [4.69, 9.17) is 0 Å². The normalized spacial score (nSPS) is 20.3. The monoisotopic (exact) mass is 270 g/mol. The molecule has 3 nitrogen and oxygen atoms in total. The second kappa shape index (κ2) is 4.10. The summed E-state index contributed by atoms with van der Waals surface area (Å²) >= 11 is 3.49. The van der Waals surface area contributed by atoms with Crippen LogP contribution in [0, 0.1) is 0 Å². The molecule has 1 saturated heterocycles. The van der Waals surface area contributed by atoms with Crippen molar-refractivity contribution in [1.29, 1.82) is 0 Å². The van der Waals surface area contributed by atoms with Crippen LogP contribution < -0.4 is 4.90 Å². The van der Waals surface area contributed by atoms with E-state index in [0.717, 1.165) is 30.4 Å². The van der Waals surface area contributed by atoms with Gasteiger partial charge in [0, 0.05) is 25.5 Å². The molecule has 1 aromatic heterocycles. The summed E-state index contributed by atoms with van der Waals surface area (Å²) in [6.45, 7) is 3.71. The second-order valence-corrected chi connectivity index (χ2v) is 5.17. The lowest BCUT2D eigenvalue weighted by atomic mass is 9.93. The first-order valence-electron chi connectivity index (χ1n) is 5.15. The molecule has 4 heteroatoms. The first kappa shape index (κ1) is 10.9. The number of aliphatic hydroxyl groups is 1. The summed E-state index contributed by atoms with van der Waals surface area (Å²) in [7, 11) is 0. The number of halogens is 1. The fourth-order valence-corrected chi connectivity index (χ4v) is 2.35. The zero-order chi connectivity index (χ0) is 10.9. The van der Waals surface area contributed by atoms with E-state index in [9.17, 15) is 5.11 Å². The van der Waals surface area contributed by atoms with E-state index in [2.05, 4.69) is 25.8 Å². The number of aromatic nitrogens is 1. The topological polar surface area (TPSA) is 36.4 Å². The predicted molar refractivity (Wildman–Crippen MR) is 64.0 cm³/mol. The van der Waals surface area contributed by atoms with Gasteiger partial charge in [0.05, 0.1) is 15.8 Å². The largest absolute Gasteiger partial charge is 0.390 e. The molecule has 1 fully saturated rings. The number of anilines is 1. The molecule has 1 aromatic rings. The van der Waals surface area contributed by atoms with Crippen molar-refractivity contribution in [3.8, 4) is 0 Å². The number of hydrogen-bond donors (Lipinski definition) is 1. The minimum absolute atomic E-state index is 0.490. The van der Waals surface area contributed by atoms with Crippen molar-refractivity contribution in [3.63, 3.8) is 0 Å². The Bertz CT molecular complexity index is 344. The van der Waals surface area contributed by atoms with Gasteiger partial charge in [-0.15, -0.1) is 0 Å². The Balaban J connectivity index is 2.11. The van der Waals surface area contributed by atoms with E-state index in [1.807, 2.05) is 19.2 Å². The van der Waals surface area contributed by atoms with Crippen LogP contribution in [0.5, 0.6) is 0 Å². The van der Waals surface area contributed by atoms with Crippen LogP contribution in [0.4, 0.5) is 5.69 Å². The highest BCUT2D eigenvalue weighted by molar-refractivity contribution is 9.10. The molecule has 0 aromatic carbocycles. The molecule has 1 aliphatic heterocycles. The van der Waals surface area contributed by atoms with Crippen LogP contribution in [0.3, 0.4) is 0 Å². The predicted octanol–water partition coefficient (Wildman–Crippen LogP) is 2.20. The summed E-state index contributed by atoms with van der Waals surface area (Å²) in [5, 5.41) is 9.86. The Kier molecular flexibility index (Phi) is 2.98. The highest BCUT2D eigenvalue weighted by Gasteiger charge is 2.27. The van der Waals surface area contributed by atoms with Gasteiger partial charge in [-0.1, -0.05) is 0 Å². The van der Waals surface area contributed by atoms with E-state index in [0.29, 0.717) is 0 Å². The molecule has 0 radical (unpaired) electrons. The quantitative estimate of drug-likeness (QED) is 0.850. The Morgan fingerprint density at radius 3 is 2.73 bits per heavy atom. The van der Waals surface area contributed by atoms with Gasteiger partial charge in [-0.2, -0.15) is 0 Å². The SMILES string of the molecule is CC1(O)CCN(c2ccncc2Br)CC1. The highest BCUT2D eigenvalue weighted by Crippen LogP contribution is 2.30. The van der Waals surface area contributed by atoms with Crippen molar-refractivity contribution >= 4 is 21.6 Å². The Labute approximate surface area is 98.3 Å². The van der Waals surface area contributed by atoms with E-state index < -0.39 is 5.60 Å². The average molecular weight is 271 g/mol. The van der Waals surface area contributed by atoms with E-state index in [1.165, 1.54) is 5.69 Å². The zero-order valence-corrected chi connectivity index (χ0v) is 10.4. The van der Waals surface area contributed by atoms with Crippen molar-refractivity contribution in [2.24, 2.45) is 0 Å². The molecule has 0 saturated carbocycles. The highest BCUT2D eigenvalue weighted by atomic mass is 79.9. The average Bonchev–Trinajstić information content (AvgIpc) is 2.19. The molecule has 1 aliphatic rings. The van der Waals surface area contributed by atoms with Gasteiger partial charge < -0.3 is 10.0 Å². The lowest BCUT2D eigenvalue weighted by Crippen LogP contribution is -2.42. The fourth-order valence-electron chi connectivity index (χ4n) is 1.85. The van der Waals surface area contributed by atoms with Gasteiger partial charge in [-0.25, -0.2) is 0 Å². The van der Waals surface area contributed by atoms with E-state index in [-0.39, 0.29) is 0 Å². The summed E-state index contributed by atoms with van der Waals surface area (Å²) in [5.41, 5.74) is 0.677. The van der Waals surface area contributed by atoms with Gasteiger partial charge >= 0.3 is 0 Å². The standard InChI is InChI=1S/C11H15BrN2O/c1-11(15)3-6-14(7-4-11)10-2-5-13-8-9(10)12/h2,5,8,15H,3-4,6-7H2,1H3. The van der Waals surface area contributed by atoms with E-state index in [1.54, 1.807) is 6.20 Å². The molecule has 82 valence electrons. The molecule has 0 bridgehead atoms. The maximum Gasteiger partial charge on any atom is 0.0653 e. The minimum atomic E-state index is -0.490. The lowest BCUT2D eigenvalue weighted by molar-refractivity contribution is 0.0351. The van der Waals surface area contributed by atoms with Crippen molar-refractivity contribution < 1.29 is 5.11 Å². The van der Waals surface area contributed by atoms with Gasteiger partial charge in [-0.3, -0.25) is 4.98 Å². The molecule has 15 heavy (non-hydrogen) atoms. The number of nitrogens with zero attached hydrogens (tertiary/aromatic N) is 2. The third kappa shape index (κ3) is 2.49. The van der Waals surface area contributed by atoms with Crippen LogP contribution in [0.25, 0.3) is 0 Å². The Morgan fingerprint density at radius 1 is 1.47 bits per heavy atom. The molecule has 2 rings (SSSR count). The first-order chi connectivity index (χ1) is 7.08. The van der Waals surface area contributed by atoms with Crippen LogP contribution in [-0.2, 0) is 0 Å². The van der Waals surface area contributed by atoms with Gasteiger partial charge in [0.25, 0.3) is 0 Å². The van der Waals surface area contributed by atoms with Crippen LogP contribution in [-0.4, -0.2) is 28.8 Å². The van der Waals surface area contributed by atoms with Crippen LogP contribution in [0.2, 0.25) is 0 Å². The van der Waals surface area contributed by atoms with Gasteiger partial charge in [0.1, 0.15) is 0 Å². The zero-order valence-electron chi connectivity index (χ0n) is 8.78. The lowest BCUT2D eigenvalue weighted by Gasteiger charge is -2.37. The molecule has 0 spiro atoms. The molecular formula is C11H15BrN2O. The first-order valence-corrected chi connectivity index (χ1v) is 5.95. The van der Waals surface area contributed by atoms with Crippen molar-refractivity contribution in [2.45, 2.75) is 25.4 Å². The third-order valence-corrected chi connectivity index (χ3v) is 3.54. The van der Waals surface area contributed by atoms with Gasteiger partial charge in [-0.05, 0) is 41.8 Å². The molecule has 1 N–H and O–H groups in total. The van der Waals surface area contributed by atoms with Crippen LogP contribution in [0.15, 0.2) is 22.9 Å². The third-order valence-electron chi connectivity index (χ3n) is 2.93. The molecule has 0 aliphatic carbocycles. The summed E-state index contributed by atoms with van der Waals surface area (Å²) < 4.78 is 1.02. The minimum Gasteiger partial charge on any atom is -0.390 e. The van der Waals surface area contributed by atoms with Gasteiger partial charge in [0.15, 0.2) is 0 Å². The number of piperidine rings is 1. The number of hydrogen-bond acceptors (Lipinski definition) is 3. The maximum absolute atomic E-state index is 9.86. The van der Waals surface area contributed by atoms with Crippen LogP contribution >= 0.6 is 15.9 Å². The number of pyridine rings is 1. The van der Waals surface area contributed by atoms with Crippen molar-refractivity contribution in [1.82, 2.24) is 4.98 Å². The van der Waals surface area contributed by atoms with Crippen LogP contribution in [0.1, 0.15) is 19.8 Å². The maximum atomic E-state index is 9.86. The van der Waals surface area contributed by atoms with Crippen molar-refractivity contribution in [3.05, 3.63) is 22.9 Å². The molecule has 2 heterocycles. The molecule has 0 amide bonds. The number of rotatable bonds is 1. The summed E-state index contributed by atoms with van der Waals surface area (Å²) in [5.74, 6) is 0. The van der Waals surface area contributed by atoms with Gasteiger partial charge in [0.2, 0.25) is 0 Å². The second-order valence-electron chi connectivity index (χ2n) is 4.31. The van der Waals surface area contributed by atoms with Crippen molar-refractivity contribution in [2.75, 3.05) is 18.0 Å². The Hall–Kier alpha value is -0.610. The molecule has 0 atom stereocenters. The fraction of sp³-hybridized carbons (Fsp3) is 0.545. The molecule has 0 unspecified atom stereocenters. The summed E-state index contributed by atoms with van der Waals surface area (Å²) in [6.07, 6.45) is 5.25. The smallest absolute Gasteiger partial charge is 0.0653 e. The summed E-state index contributed by atoms with van der Waals surface area (Å²) in [4.78, 5) is 6.33. The summed E-state index contributed by atoms with van der Waals surface area (Å²) in [6, 6.07) is 2.00. The Morgan fingerprint density at radius 2 is 2.13 bits per heavy atom.